The summed E-state index contributed by atoms with van der Waals surface area (Å²) in [5.74, 6) is -0.418. The minimum Gasteiger partial charge on any atom is -0.406 e. The number of amides is 1. The van der Waals surface area contributed by atoms with Crippen LogP contribution in [0.5, 0.6) is 5.75 Å². The minimum atomic E-state index is -4.82. The van der Waals surface area contributed by atoms with Crippen LogP contribution in [0.15, 0.2) is 54.6 Å². The zero-order chi connectivity index (χ0) is 23.3. The second kappa shape index (κ2) is 9.54. The van der Waals surface area contributed by atoms with Crippen molar-refractivity contribution in [2.45, 2.75) is 32.7 Å². The molecule has 0 saturated carbocycles. The molecular weight excluding hydrogens is 423 g/mol. The molecule has 3 aromatic rings. The average molecular weight is 445 g/mol. The van der Waals surface area contributed by atoms with Crippen molar-refractivity contribution in [2.75, 3.05) is 16.4 Å². The first kappa shape index (κ1) is 22.9. The van der Waals surface area contributed by atoms with Gasteiger partial charge in [0.05, 0.1) is 5.69 Å². The lowest BCUT2D eigenvalue weighted by molar-refractivity contribution is -0.274. The molecule has 10 heteroatoms. The fourth-order valence-electron chi connectivity index (χ4n) is 2.77. The molecule has 1 heterocycles. The maximum atomic E-state index is 12.6. The van der Waals surface area contributed by atoms with Crippen molar-refractivity contribution in [1.29, 1.82) is 0 Å². The smallest absolute Gasteiger partial charge is 0.406 e. The monoisotopic (exact) mass is 445 g/mol. The Kier molecular flexibility index (Phi) is 6.82. The van der Waals surface area contributed by atoms with Gasteiger partial charge in [0.2, 0.25) is 5.95 Å². The molecule has 0 saturated heterocycles. The summed E-state index contributed by atoms with van der Waals surface area (Å²) >= 11 is 0. The fourth-order valence-corrected chi connectivity index (χ4v) is 2.77. The molecule has 0 fully saturated rings. The van der Waals surface area contributed by atoms with E-state index in [4.69, 9.17) is 5.73 Å². The van der Waals surface area contributed by atoms with E-state index >= 15 is 0 Å². The summed E-state index contributed by atoms with van der Waals surface area (Å²) in [5.41, 5.74) is 7.17. The van der Waals surface area contributed by atoms with Crippen LogP contribution in [0.1, 0.15) is 30.6 Å². The number of halogens is 3. The molecule has 168 valence electrons. The zero-order valence-corrected chi connectivity index (χ0v) is 17.4. The predicted molar refractivity (Wildman–Crippen MR) is 116 cm³/mol. The summed E-state index contributed by atoms with van der Waals surface area (Å²) < 4.78 is 41.8. The highest BCUT2D eigenvalue weighted by Crippen LogP contribution is 2.29. The Morgan fingerprint density at radius 3 is 2.56 bits per heavy atom. The number of benzene rings is 2. The third kappa shape index (κ3) is 6.34. The summed E-state index contributed by atoms with van der Waals surface area (Å²) in [7, 11) is 0. The van der Waals surface area contributed by atoms with E-state index in [1.807, 2.05) is 13.8 Å². The molecule has 0 bridgehead atoms. The minimum absolute atomic E-state index is 0.0302. The van der Waals surface area contributed by atoms with Gasteiger partial charge in [-0.15, -0.1) is 13.2 Å². The summed E-state index contributed by atoms with van der Waals surface area (Å²) in [6.45, 7) is 3.90. The van der Waals surface area contributed by atoms with E-state index in [1.165, 1.54) is 30.3 Å². The normalized spacial score (nSPS) is 12.2. The molecule has 32 heavy (non-hydrogen) atoms. The summed E-state index contributed by atoms with van der Waals surface area (Å²) in [6, 6.07) is 13.3. The molecule has 0 aliphatic carbocycles. The Morgan fingerprint density at radius 1 is 1.12 bits per heavy atom. The van der Waals surface area contributed by atoms with Gasteiger partial charge in [-0.1, -0.05) is 25.1 Å². The molecule has 1 aromatic heterocycles. The highest BCUT2D eigenvalue weighted by Gasteiger charge is 2.31. The van der Waals surface area contributed by atoms with Crippen LogP contribution in [-0.2, 0) is 0 Å². The van der Waals surface area contributed by atoms with Crippen LogP contribution in [0.2, 0.25) is 0 Å². The van der Waals surface area contributed by atoms with E-state index < -0.39 is 12.3 Å². The van der Waals surface area contributed by atoms with Gasteiger partial charge < -0.3 is 21.1 Å². The SMILES string of the molecule is CC[C@@H](C)Nc1nc(NC(=O)c2cccc(N)c2)cc(-c2cccc(OC(F)(F)F)c2)n1. The third-order valence-corrected chi connectivity index (χ3v) is 4.47. The Hall–Kier alpha value is -3.82. The lowest BCUT2D eigenvalue weighted by atomic mass is 10.1. The van der Waals surface area contributed by atoms with E-state index in [0.29, 0.717) is 22.5 Å². The van der Waals surface area contributed by atoms with Gasteiger partial charge in [0.1, 0.15) is 11.6 Å². The number of ether oxygens (including phenoxy) is 1. The Labute approximate surface area is 182 Å². The number of anilines is 3. The largest absolute Gasteiger partial charge is 0.573 e. The first-order chi connectivity index (χ1) is 15.1. The number of hydrogen-bond donors (Lipinski definition) is 3. The second-order valence-electron chi connectivity index (χ2n) is 7.07. The first-order valence-corrected chi connectivity index (χ1v) is 9.81. The van der Waals surface area contributed by atoms with Crippen molar-refractivity contribution in [3.63, 3.8) is 0 Å². The van der Waals surface area contributed by atoms with Gasteiger partial charge in [-0.25, -0.2) is 4.98 Å². The maximum absolute atomic E-state index is 12.6. The van der Waals surface area contributed by atoms with E-state index in [0.717, 1.165) is 6.42 Å². The zero-order valence-electron chi connectivity index (χ0n) is 17.4. The van der Waals surface area contributed by atoms with Crippen molar-refractivity contribution in [2.24, 2.45) is 0 Å². The fraction of sp³-hybridized carbons (Fsp3) is 0.227. The maximum Gasteiger partial charge on any atom is 0.573 e. The Morgan fingerprint density at radius 2 is 1.88 bits per heavy atom. The van der Waals surface area contributed by atoms with E-state index in [1.54, 1.807) is 24.3 Å². The summed E-state index contributed by atoms with van der Waals surface area (Å²) in [4.78, 5) is 21.3. The molecule has 0 spiro atoms. The summed E-state index contributed by atoms with van der Waals surface area (Å²) in [6.07, 6.45) is -4.03. The molecule has 0 radical (unpaired) electrons. The number of hydrogen-bond acceptors (Lipinski definition) is 6. The van der Waals surface area contributed by atoms with Gasteiger partial charge in [-0.2, -0.15) is 4.98 Å². The van der Waals surface area contributed by atoms with Crippen LogP contribution >= 0.6 is 0 Å². The predicted octanol–water partition coefficient (Wildman–Crippen LogP) is 5.09. The van der Waals surface area contributed by atoms with Crippen molar-refractivity contribution < 1.29 is 22.7 Å². The summed E-state index contributed by atoms with van der Waals surface area (Å²) in [5, 5.41) is 5.80. The number of carbonyl (C=O) groups excluding carboxylic acids is 1. The van der Waals surface area contributed by atoms with Gasteiger partial charge >= 0.3 is 6.36 Å². The topological polar surface area (TPSA) is 102 Å². The van der Waals surface area contributed by atoms with Gasteiger partial charge in [0.25, 0.3) is 5.91 Å². The quantitative estimate of drug-likeness (QED) is 0.438. The number of nitrogens with two attached hydrogens (primary N) is 1. The lowest BCUT2D eigenvalue weighted by Crippen LogP contribution is -2.18. The van der Waals surface area contributed by atoms with Crippen LogP contribution in [0, 0.1) is 0 Å². The van der Waals surface area contributed by atoms with Crippen LogP contribution in [0.25, 0.3) is 11.3 Å². The number of nitrogens with one attached hydrogen (secondary N) is 2. The molecule has 0 aliphatic heterocycles. The van der Waals surface area contributed by atoms with Crippen LogP contribution in [0.3, 0.4) is 0 Å². The third-order valence-electron chi connectivity index (χ3n) is 4.47. The molecule has 0 aliphatic rings. The number of nitrogen functional groups attached to an aromatic ring is 1. The second-order valence-corrected chi connectivity index (χ2v) is 7.07. The molecule has 7 nitrogen and oxygen atoms in total. The highest BCUT2D eigenvalue weighted by molar-refractivity contribution is 6.04. The Balaban J connectivity index is 1.96. The molecule has 1 atom stereocenters. The average Bonchev–Trinajstić information content (AvgIpc) is 2.72. The molecule has 0 unspecified atom stereocenters. The molecular formula is C22H22F3N5O2. The van der Waals surface area contributed by atoms with E-state index in [-0.39, 0.29) is 23.6 Å². The standard InChI is InChI=1S/C22H22F3N5O2/c1-3-13(2)27-21-28-18(14-6-5-9-17(11-14)32-22(23,24)25)12-19(30-21)29-20(31)15-7-4-8-16(26)10-15/h4-13H,3,26H2,1-2H3,(H2,27,28,29,30,31)/t13-/m1/s1. The molecule has 4 N–H and O–H groups in total. The van der Waals surface area contributed by atoms with Crippen molar-refractivity contribution in [3.05, 3.63) is 60.2 Å². The number of alkyl halides is 3. The van der Waals surface area contributed by atoms with E-state index in [2.05, 4.69) is 25.3 Å². The van der Waals surface area contributed by atoms with Crippen LogP contribution in [0.4, 0.5) is 30.6 Å². The molecule has 3 rings (SSSR count). The van der Waals surface area contributed by atoms with Gasteiger partial charge in [-0.3, -0.25) is 4.79 Å². The van der Waals surface area contributed by atoms with Gasteiger partial charge in [0.15, 0.2) is 0 Å². The van der Waals surface area contributed by atoms with Crippen LogP contribution in [-0.4, -0.2) is 28.3 Å². The number of aromatic nitrogens is 2. The van der Waals surface area contributed by atoms with Crippen molar-refractivity contribution >= 4 is 23.4 Å². The van der Waals surface area contributed by atoms with E-state index in [9.17, 15) is 18.0 Å². The number of carbonyl (C=O) groups is 1. The first-order valence-electron chi connectivity index (χ1n) is 9.81. The van der Waals surface area contributed by atoms with Crippen molar-refractivity contribution in [3.8, 4) is 17.0 Å². The van der Waals surface area contributed by atoms with Gasteiger partial charge in [0, 0.05) is 28.9 Å². The lowest BCUT2D eigenvalue weighted by Gasteiger charge is -2.15. The number of rotatable bonds is 7. The van der Waals surface area contributed by atoms with Gasteiger partial charge in [-0.05, 0) is 43.7 Å². The van der Waals surface area contributed by atoms with Crippen LogP contribution < -0.4 is 21.1 Å². The Bertz CT molecular complexity index is 1100. The molecule has 1 amide bonds. The number of nitrogens with zero attached hydrogens (tertiary/aromatic N) is 2. The highest BCUT2D eigenvalue weighted by atomic mass is 19.4. The molecule has 2 aromatic carbocycles. The van der Waals surface area contributed by atoms with Crippen molar-refractivity contribution in [1.82, 2.24) is 9.97 Å².